The second-order valence-corrected chi connectivity index (χ2v) is 9.18. The molecule has 4 atom stereocenters. The normalized spacial score (nSPS) is 22.6. The number of esters is 2. The summed E-state index contributed by atoms with van der Waals surface area (Å²) in [5.41, 5.74) is 3.35. The number of aliphatic imine (C=N–C) groups is 1. The Morgan fingerprint density at radius 1 is 1.05 bits per heavy atom. The van der Waals surface area contributed by atoms with Crippen LogP contribution in [0.25, 0.3) is 0 Å². The highest BCUT2D eigenvalue weighted by atomic mass is 16.6. The van der Waals surface area contributed by atoms with Gasteiger partial charge in [-0.2, -0.15) is 0 Å². The molecule has 2 N–H and O–H groups in total. The standard InChI is InChI=1S/C27H28N4O6/c1-16-3-7-18(8-4-16)26(33)35-13-22-21(37-27(34)19-9-5-17(2)6-10-19)11-23(36-22)31-15-30-24-20(32)12-28-14-29-25(24)31/h3-10,14-15,20-23,32H,11-13H2,1-2H3,(H,28,29)/t20?,21-,22+,23-/m0/s1. The van der Waals surface area contributed by atoms with Gasteiger partial charge in [0.2, 0.25) is 0 Å². The molecule has 1 fully saturated rings. The number of aliphatic hydroxyl groups is 1. The van der Waals surface area contributed by atoms with Crippen molar-refractivity contribution in [2.45, 2.75) is 44.8 Å². The van der Waals surface area contributed by atoms with E-state index in [4.69, 9.17) is 14.2 Å². The molecule has 1 unspecified atom stereocenters. The van der Waals surface area contributed by atoms with Crippen LogP contribution in [0, 0.1) is 13.8 Å². The van der Waals surface area contributed by atoms with E-state index in [9.17, 15) is 14.7 Å². The summed E-state index contributed by atoms with van der Waals surface area (Å²) >= 11 is 0. The number of anilines is 1. The van der Waals surface area contributed by atoms with Crippen molar-refractivity contribution in [1.29, 1.82) is 0 Å². The van der Waals surface area contributed by atoms with Crippen LogP contribution >= 0.6 is 0 Å². The first-order valence-corrected chi connectivity index (χ1v) is 12.1. The third-order valence-electron chi connectivity index (χ3n) is 6.41. The van der Waals surface area contributed by atoms with Gasteiger partial charge in [0.15, 0.2) is 0 Å². The van der Waals surface area contributed by atoms with Crippen molar-refractivity contribution >= 4 is 24.1 Å². The van der Waals surface area contributed by atoms with E-state index < -0.39 is 36.5 Å². The lowest BCUT2D eigenvalue weighted by Crippen LogP contribution is -2.32. The summed E-state index contributed by atoms with van der Waals surface area (Å²) in [6, 6.07) is 14.2. The van der Waals surface area contributed by atoms with E-state index in [0.29, 0.717) is 29.1 Å². The Hall–Kier alpha value is -4.02. The second-order valence-electron chi connectivity index (χ2n) is 9.18. The van der Waals surface area contributed by atoms with E-state index in [0.717, 1.165) is 11.1 Å². The molecule has 2 aromatic carbocycles. The summed E-state index contributed by atoms with van der Waals surface area (Å²) in [5.74, 6) is -0.443. The zero-order valence-corrected chi connectivity index (χ0v) is 20.5. The minimum Gasteiger partial charge on any atom is -0.459 e. The molecule has 0 saturated carbocycles. The molecule has 1 aromatic heterocycles. The van der Waals surface area contributed by atoms with Crippen LogP contribution in [-0.2, 0) is 14.2 Å². The number of ether oxygens (including phenoxy) is 3. The SMILES string of the molecule is Cc1ccc(C(=O)OC[C@H]2O[C@H](n3cnc4c3NC=NCC4O)C[C@@H]2OC(=O)c2ccc(C)cc2)cc1. The summed E-state index contributed by atoms with van der Waals surface area (Å²) in [6.45, 7) is 3.96. The quantitative estimate of drug-likeness (QED) is 0.490. The molecular formula is C27H28N4O6. The van der Waals surface area contributed by atoms with Gasteiger partial charge in [-0.25, -0.2) is 14.6 Å². The summed E-state index contributed by atoms with van der Waals surface area (Å²) in [5, 5.41) is 13.4. The lowest BCUT2D eigenvalue weighted by Gasteiger charge is -2.19. The molecule has 3 heterocycles. The van der Waals surface area contributed by atoms with E-state index in [1.165, 1.54) is 6.34 Å². The molecule has 3 aromatic rings. The molecule has 0 radical (unpaired) electrons. The maximum Gasteiger partial charge on any atom is 0.338 e. The van der Waals surface area contributed by atoms with Gasteiger partial charge in [0.25, 0.3) is 0 Å². The number of aromatic nitrogens is 2. The topological polar surface area (TPSA) is 124 Å². The van der Waals surface area contributed by atoms with Crippen LogP contribution in [0.4, 0.5) is 5.82 Å². The highest BCUT2D eigenvalue weighted by Gasteiger charge is 2.41. The zero-order valence-electron chi connectivity index (χ0n) is 20.5. The third kappa shape index (κ3) is 5.40. The molecule has 0 amide bonds. The third-order valence-corrected chi connectivity index (χ3v) is 6.41. The van der Waals surface area contributed by atoms with Gasteiger partial charge in [-0.1, -0.05) is 35.4 Å². The molecular weight excluding hydrogens is 476 g/mol. The number of aliphatic hydroxyl groups excluding tert-OH is 1. The first-order chi connectivity index (χ1) is 17.9. The van der Waals surface area contributed by atoms with Crippen LogP contribution in [0.2, 0.25) is 0 Å². The predicted octanol–water partition coefficient (Wildman–Crippen LogP) is 3.36. The molecule has 5 rings (SSSR count). The number of imidazole rings is 1. The lowest BCUT2D eigenvalue weighted by atomic mass is 10.1. The Morgan fingerprint density at radius 2 is 1.70 bits per heavy atom. The Balaban J connectivity index is 1.34. The zero-order chi connectivity index (χ0) is 25.9. The Kier molecular flexibility index (Phi) is 7.02. The average Bonchev–Trinajstić information content (AvgIpc) is 3.44. The number of benzene rings is 2. The smallest absolute Gasteiger partial charge is 0.338 e. The fourth-order valence-electron chi connectivity index (χ4n) is 4.30. The van der Waals surface area contributed by atoms with Crippen LogP contribution < -0.4 is 5.32 Å². The summed E-state index contributed by atoms with van der Waals surface area (Å²) in [6.07, 6.45) is 0.513. The van der Waals surface area contributed by atoms with Crippen molar-refractivity contribution < 1.29 is 28.9 Å². The molecule has 0 bridgehead atoms. The minimum absolute atomic E-state index is 0.108. The van der Waals surface area contributed by atoms with Gasteiger partial charge in [0.05, 0.1) is 30.3 Å². The molecule has 1 saturated heterocycles. The highest BCUT2D eigenvalue weighted by Crippen LogP contribution is 2.36. The molecule has 2 aliphatic heterocycles. The number of hydrogen-bond donors (Lipinski definition) is 2. The van der Waals surface area contributed by atoms with Crippen molar-refractivity contribution in [1.82, 2.24) is 9.55 Å². The molecule has 192 valence electrons. The summed E-state index contributed by atoms with van der Waals surface area (Å²) in [7, 11) is 0. The number of carbonyl (C=O) groups excluding carboxylic acids is 2. The van der Waals surface area contributed by atoms with E-state index in [1.807, 2.05) is 38.1 Å². The first kappa shape index (κ1) is 24.7. The molecule has 10 nitrogen and oxygen atoms in total. The number of nitrogens with zero attached hydrogens (tertiary/aromatic N) is 3. The van der Waals surface area contributed by atoms with Gasteiger partial charge in [-0.05, 0) is 38.1 Å². The van der Waals surface area contributed by atoms with Gasteiger partial charge in [0, 0.05) is 6.42 Å². The van der Waals surface area contributed by atoms with E-state index in [-0.39, 0.29) is 13.2 Å². The van der Waals surface area contributed by atoms with Crippen LogP contribution in [-0.4, -0.2) is 58.3 Å². The summed E-state index contributed by atoms with van der Waals surface area (Å²) in [4.78, 5) is 33.9. The van der Waals surface area contributed by atoms with Crippen molar-refractivity contribution in [3.63, 3.8) is 0 Å². The number of hydrogen-bond acceptors (Lipinski definition) is 9. The van der Waals surface area contributed by atoms with E-state index in [2.05, 4.69) is 15.3 Å². The van der Waals surface area contributed by atoms with Crippen molar-refractivity contribution in [3.05, 3.63) is 82.8 Å². The van der Waals surface area contributed by atoms with Crippen LogP contribution in [0.3, 0.4) is 0 Å². The molecule has 2 aliphatic rings. The molecule has 0 spiro atoms. The second kappa shape index (κ2) is 10.5. The Bertz CT molecular complexity index is 1300. The van der Waals surface area contributed by atoms with Gasteiger partial charge in [-0.15, -0.1) is 0 Å². The fraction of sp³-hybridized carbons (Fsp3) is 0.333. The minimum atomic E-state index is -0.856. The van der Waals surface area contributed by atoms with Crippen molar-refractivity contribution in [2.75, 3.05) is 18.5 Å². The maximum atomic E-state index is 12.9. The average molecular weight is 505 g/mol. The Labute approximate surface area is 213 Å². The predicted molar refractivity (Wildman–Crippen MR) is 135 cm³/mol. The van der Waals surface area contributed by atoms with Crippen molar-refractivity contribution in [2.24, 2.45) is 4.99 Å². The molecule has 37 heavy (non-hydrogen) atoms. The van der Waals surface area contributed by atoms with Crippen molar-refractivity contribution in [3.8, 4) is 0 Å². The van der Waals surface area contributed by atoms with Crippen LogP contribution in [0.1, 0.15) is 56.3 Å². The number of fused-ring (bicyclic) bond motifs is 1. The lowest BCUT2D eigenvalue weighted by molar-refractivity contribution is -0.0567. The monoisotopic (exact) mass is 504 g/mol. The number of nitrogens with one attached hydrogen (secondary N) is 1. The number of rotatable bonds is 6. The van der Waals surface area contributed by atoms with Gasteiger partial charge in [0.1, 0.15) is 42.7 Å². The fourth-order valence-corrected chi connectivity index (χ4v) is 4.30. The molecule has 10 heteroatoms. The number of carbonyl (C=O) groups is 2. The van der Waals surface area contributed by atoms with E-state index in [1.54, 1.807) is 35.2 Å². The number of aryl methyl sites for hydroxylation is 2. The summed E-state index contributed by atoms with van der Waals surface area (Å²) < 4.78 is 19.3. The van der Waals surface area contributed by atoms with E-state index >= 15 is 0 Å². The highest BCUT2D eigenvalue weighted by molar-refractivity contribution is 5.90. The Morgan fingerprint density at radius 3 is 2.38 bits per heavy atom. The first-order valence-electron chi connectivity index (χ1n) is 12.1. The van der Waals surface area contributed by atoms with Gasteiger partial charge < -0.3 is 24.6 Å². The maximum absolute atomic E-state index is 12.9. The van der Waals surface area contributed by atoms with Gasteiger partial charge in [-0.3, -0.25) is 9.56 Å². The largest absolute Gasteiger partial charge is 0.459 e. The van der Waals surface area contributed by atoms with Crippen LogP contribution in [0.15, 0.2) is 59.9 Å². The van der Waals surface area contributed by atoms with Gasteiger partial charge >= 0.3 is 11.9 Å². The molecule has 0 aliphatic carbocycles. The van der Waals surface area contributed by atoms with Crippen LogP contribution in [0.5, 0.6) is 0 Å².